The smallest absolute Gasteiger partial charge is 0.223 e. The van der Waals surface area contributed by atoms with Gasteiger partial charge < -0.3 is 10.4 Å². The summed E-state index contributed by atoms with van der Waals surface area (Å²) in [6, 6.07) is -0.124. The van der Waals surface area contributed by atoms with Gasteiger partial charge in [0.05, 0.1) is 12.6 Å². The van der Waals surface area contributed by atoms with Crippen molar-refractivity contribution in [3.63, 3.8) is 0 Å². The third kappa shape index (κ3) is 2.99. The standard InChI is InChI=1S/C10H19NO2/c1-10(2,3)8(6-12)11-9(13)7-4-5-7/h7-8,12H,4-6H2,1-3H3,(H,11,13). The van der Waals surface area contributed by atoms with Crippen molar-refractivity contribution in [2.45, 2.75) is 39.7 Å². The Kier molecular flexibility index (Phi) is 2.96. The molecule has 1 unspecified atom stereocenters. The minimum absolute atomic E-state index is 0.0158. The minimum atomic E-state index is -0.124. The Morgan fingerprint density at radius 2 is 2.08 bits per heavy atom. The third-order valence-corrected chi connectivity index (χ3v) is 2.49. The van der Waals surface area contributed by atoms with Crippen LogP contribution in [0.2, 0.25) is 0 Å². The molecule has 76 valence electrons. The number of amides is 1. The number of rotatable bonds is 3. The summed E-state index contributed by atoms with van der Waals surface area (Å²) in [6.45, 7) is 6.06. The highest BCUT2D eigenvalue weighted by Crippen LogP contribution is 2.30. The Labute approximate surface area is 79.5 Å². The van der Waals surface area contributed by atoms with E-state index in [1.54, 1.807) is 0 Å². The topological polar surface area (TPSA) is 49.3 Å². The predicted molar refractivity (Wildman–Crippen MR) is 51.2 cm³/mol. The van der Waals surface area contributed by atoms with E-state index in [1.165, 1.54) is 0 Å². The second-order valence-electron chi connectivity index (χ2n) is 4.88. The van der Waals surface area contributed by atoms with Crippen LogP contribution in [0.25, 0.3) is 0 Å². The highest BCUT2D eigenvalue weighted by molar-refractivity contribution is 5.81. The van der Waals surface area contributed by atoms with Crippen LogP contribution in [-0.2, 0) is 4.79 Å². The molecule has 1 atom stereocenters. The van der Waals surface area contributed by atoms with Crippen molar-refractivity contribution in [1.82, 2.24) is 5.32 Å². The second kappa shape index (κ2) is 3.66. The Morgan fingerprint density at radius 3 is 2.38 bits per heavy atom. The molecule has 1 amide bonds. The number of carbonyl (C=O) groups is 1. The molecule has 1 rings (SSSR count). The normalized spacial score (nSPS) is 19.7. The Bertz CT molecular complexity index is 192. The number of hydrogen-bond acceptors (Lipinski definition) is 2. The van der Waals surface area contributed by atoms with Crippen molar-refractivity contribution >= 4 is 5.91 Å². The summed E-state index contributed by atoms with van der Waals surface area (Å²) in [7, 11) is 0. The summed E-state index contributed by atoms with van der Waals surface area (Å²) in [4.78, 5) is 11.4. The summed E-state index contributed by atoms with van der Waals surface area (Å²) in [5.74, 6) is 0.324. The summed E-state index contributed by atoms with van der Waals surface area (Å²) in [6.07, 6.45) is 2.02. The molecule has 2 N–H and O–H groups in total. The summed E-state index contributed by atoms with van der Waals surface area (Å²) in [5.41, 5.74) is -0.0701. The first-order valence-corrected chi connectivity index (χ1v) is 4.86. The summed E-state index contributed by atoms with van der Waals surface area (Å²) in [5, 5.41) is 12.0. The fourth-order valence-electron chi connectivity index (χ4n) is 1.17. The fourth-order valence-corrected chi connectivity index (χ4v) is 1.17. The molecule has 0 aliphatic heterocycles. The zero-order chi connectivity index (χ0) is 10.1. The van der Waals surface area contributed by atoms with Gasteiger partial charge in [0.2, 0.25) is 5.91 Å². The van der Waals surface area contributed by atoms with Gasteiger partial charge in [-0.25, -0.2) is 0 Å². The molecular formula is C10H19NO2. The van der Waals surface area contributed by atoms with E-state index in [0.717, 1.165) is 12.8 Å². The maximum atomic E-state index is 11.4. The van der Waals surface area contributed by atoms with Gasteiger partial charge in [-0.1, -0.05) is 20.8 Å². The first kappa shape index (κ1) is 10.5. The SMILES string of the molecule is CC(C)(C)C(CO)NC(=O)C1CC1. The maximum Gasteiger partial charge on any atom is 0.223 e. The molecule has 3 nitrogen and oxygen atoms in total. The van der Waals surface area contributed by atoms with Crippen LogP contribution in [0, 0.1) is 11.3 Å². The van der Waals surface area contributed by atoms with Gasteiger partial charge in [0, 0.05) is 5.92 Å². The van der Waals surface area contributed by atoms with Crippen molar-refractivity contribution in [3.8, 4) is 0 Å². The van der Waals surface area contributed by atoms with Crippen LogP contribution in [0.5, 0.6) is 0 Å². The van der Waals surface area contributed by atoms with E-state index in [2.05, 4.69) is 5.32 Å². The molecule has 13 heavy (non-hydrogen) atoms. The quantitative estimate of drug-likeness (QED) is 0.687. The first-order chi connectivity index (χ1) is 5.95. The molecule has 0 aromatic heterocycles. The van der Waals surface area contributed by atoms with Crippen LogP contribution < -0.4 is 5.32 Å². The van der Waals surface area contributed by atoms with Gasteiger partial charge in [-0.3, -0.25) is 4.79 Å². The lowest BCUT2D eigenvalue weighted by atomic mass is 9.87. The van der Waals surface area contributed by atoms with Crippen LogP contribution >= 0.6 is 0 Å². The second-order valence-corrected chi connectivity index (χ2v) is 4.88. The first-order valence-electron chi connectivity index (χ1n) is 4.86. The van der Waals surface area contributed by atoms with Gasteiger partial charge in [-0.15, -0.1) is 0 Å². The number of nitrogens with one attached hydrogen (secondary N) is 1. The van der Waals surface area contributed by atoms with E-state index in [-0.39, 0.29) is 29.9 Å². The van der Waals surface area contributed by atoms with Crippen LogP contribution in [0.1, 0.15) is 33.6 Å². The van der Waals surface area contributed by atoms with E-state index >= 15 is 0 Å². The van der Waals surface area contributed by atoms with E-state index in [9.17, 15) is 4.79 Å². The molecule has 1 fully saturated rings. The van der Waals surface area contributed by atoms with E-state index in [4.69, 9.17) is 5.11 Å². The largest absolute Gasteiger partial charge is 0.394 e. The van der Waals surface area contributed by atoms with Crippen molar-refractivity contribution in [2.24, 2.45) is 11.3 Å². The van der Waals surface area contributed by atoms with E-state index < -0.39 is 0 Å². The average molecular weight is 185 g/mol. The fraction of sp³-hybridized carbons (Fsp3) is 0.900. The number of hydrogen-bond donors (Lipinski definition) is 2. The van der Waals surface area contributed by atoms with Crippen LogP contribution in [0.4, 0.5) is 0 Å². The van der Waals surface area contributed by atoms with E-state index in [1.807, 2.05) is 20.8 Å². The van der Waals surface area contributed by atoms with E-state index in [0.29, 0.717) is 0 Å². The molecule has 1 saturated carbocycles. The zero-order valence-corrected chi connectivity index (χ0v) is 8.63. The Balaban J connectivity index is 2.43. The minimum Gasteiger partial charge on any atom is -0.394 e. The van der Waals surface area contributed by atoms with Crippen molar-refractivity contribution in [1.29, 1.82) is 0 Å². The molecule has 1 aliphatic carbocycles. The molecule has 0 aromatic rings. The number of aliphatic hydroxyl groups is 1. The van der Waals surface area contributed by atoms with Gasteiger partial charge >= 0.3 is 0 Å². The lowest BCUT2D eigenvalue weighted by Gasteiger charge is -2.29. The van der Waals surface area contributed by atoms with Gasteiger partial charge in [-0.2, -0.15) is 0 Å². The molecule has 1 aliphatic rings. The highest BCUT2D eigenvalue weighted by atomic mass is 16.3. The number of aliphatic hydroxyl groups excluding tert-OH is 1. The van der Waals surface area contributed by atoms with Crippen LogP contribution in [0.15, 0.2) is 0 Å². The molecule has 3 heteroatoms. The maximum absolute atomic E-state index is 11.4. The molecule has 0 bridgehead atoms. The average Bonchev–Trinajstić information content (AvgIpc) is 2.78. The van der Waals surface area contributed by atoms with Crippen molar-refractivity contribution < 1.29 is 9.90 Å². The highest BCUT2D eigenvalue weighted by Gasteiger charge is 2.33. The zero-order valence-electron chi connectivity index (χ0n) is 8.63. The predicted octanol–water partition coefficient (Wildman–Crippen LogP) is 0.920. The Hall–Kier alpha value is -0.570. The molecule has 0 saturated heterocycles. The van der Waals surface area contributed by atoms with Crippen molar-refractivity contribution in [2.75, 3.05) is 6.61 Å². The molecule has 0 radical (unpaired) electrons. The van der Waals surface area contributed by atoms with Gasteiger partial charge in [0.25, 0.3) is 0 Å². The van der Waals surface area contributed by atoms with Crippen LogP contribution in [0.3, 0.4) is 0 Å². The molecular weight excluding hydrogens is 166 g/mol. The molecule has 0 heterocycles. The summed E-state index contributed by atoms with van der Waals surface area (Å²) < 4.78 is 0. The third-order valence-electron chi connectivity index (χ3n) is 2.49. The van der Waals surface area contributed by atoms with Gasteiger partial charge in [0.15, 0.2) is 0 Å². The Morgan fingerprint density at radius 1 is 1.54 bits per heavy atom. The lowest BCUT2D eigenvalue weighted by molar-refractivity contribution is -0.124. The van der Waals surface area contributed by atoms with Crippen LogP contribution in [-0.4, -0.2) is 23.7 Å². The van der Waals surface area contributed by atoms with Gasteiger partial charge in [-0.05, 0) is 18.3 Å². The lowest BCUT2D eigenvalue weighted by Crippen LogP contribution is -2.46. The molecule has 0 aromatic carbocycles. The molecule has 0 spiro atoms. The summed E-state index contributed by atoms with van der Waals surface area (Å²) >= 11 is 0. The van der Waals surface area contributed by atoms with Crippen molar-refractivity contribution in [3.05, 3.63) is 0 Å². The van der Waals surface area contributed by atoms with Gasteiger partial charge in [0.1, 0.15) is 0 Å². The monoisotopic (exact) mass is 185 g/mol. The number of carbonyl (C=O) groups excluding carboxylic acids is 1.